The van der Waals surface area contributed by atoms with Crippen LogP contribution in [0.1, 0.15) is 30.8 Å². The van der Waals surface area contributed by atoms with E-state index in [0.717, 1.165) is 17.4 Å². The molecular weight excluding hydrogens is 226 g/mol. The Morgan fingerprint density at radius 3 is 3.00 bits per heavy atom. The highest BCUT2D eigenvalue weighted by Gasteiger charge is 2.07. The van der Waals surface area contributed by atoms with E-state index in [-0.39, 0.29) is 5.69 Å². The lowest BCUT2D eigenvalue weighted by atomic mass is 10.2. The Kier molecular flexibility index (Phi) is 5.31. The van der Waals surface area contributed by atoms with Gasteiger partial charge in [-0.2, -0.15) is 11.8 Å². The first kappa shape index (κ1) is 13.0. The molecule has 0 fully saturated rings. The van der Waals surface area contributed by atoms with E-state index < -0.39 is 5.97 Å². The highest BCUT2D eigenvalue weighted by Crippen LogP contribution is 2.11. The van der Waals surface area contributed by atoms with Crippen molar-refractivity contribution in [1.82, 2.24) is 15.0 Å². The normalized spacial score (nSPS) is 12.6. The Labute approximate surface area is 99.2 Å². The number of rotatable bonds is 7. The molecule has 0 saturated heterocycles. The first-order valence-corrected chi connectivity index (χ1v) is 6.50. The standard InChI is InChI=1S/C10H17N3O2S/c1-3-8(2)7-16-5-4-13-6-9(10(14)15)11-12-13/h6,8H,3-5,7H2,1-2H3,(H,14,15). The van der Waals surface area contributed by atoms with Crippen molar-refractivity contribution in [2.24, 2.45) is 5.92 Å². The molecule has 0 aliphatic rings. The van der Waals surface area contributed by atoms with Crippen LogP contribution in [0.25, 0.3) is 0 Å². The molecule has 0 aromatic carbocycles. The van der Waals surface area contributed by atoms with Crippen LogP contribution in [-0.2, 0) is 6.54 Å². The van der Waals surface area contributed by atoms with Crippen LogP contribution in [0.5, 0.6) is 0 Å². The maximum Gasteiger partial charge on any atom is 0.358 e. The molecule has 6 heteroatoms. The fourth-order valence-corrected chi connectivity index (χ4v) is 2.19. The summed E-state index contributed by atoms with van der Waals surface area (Å²) in [6.45, 7) is 5.12. The Morgan fingerprint density at radius 2 is 2.44 bits per heavy atom. The number of aryl methyl sites for hydroxylation is 1. The minimum Gasteiger partial charge on any atom is -0.476 e. The molecule has 0 amide bonds. The van der Waals surface area contributed by atoms with E-state index >= 15 is 0 Å². The van der Waals surface area contributed by atoms with Gasteiger partial charge in [0.1, 0.15) is 0 Å². The number of carbonyl (C=O) groups is 1. The van der Waals surface area contributed by atoms with Gasteiger partial charge in [-0.05, 0) is 11.7 Å². The lowest BCUT2D eigenvalue weighted by Crippen LogP contribution is -2.04. The first-order valence-electron chi connectivity index (χ1n) is 5.34. The zero-order valence-electron chi connectivity index (χ0n) is 9.59. The smallest absolute Gasteiger partial charge is 0.358 e. The van der Waals surface area contributed by atoms with Gasteiger partial charge in [0.15, 0.2) is 5.69 Å². The minimum atomic E-state index is -1.03. The molecule has 1 aromatic rings. The molecule has 1 N–H and O–H groups in total. The van der Waals surface area contributed by atoms with Gasteiger partial charge in [-0.3, -0.25) is 4.68 Å². The molecule has 5 nitrogen and oxygen atoms in total. The van der Waals surface area contributed by atoms with E-state index in [4.69, 9.17) is 5.11 Å². The molecule has 0 radical (unpaired) electrons. The van der Waals surface area contributed by atoms with Crippen LogP contribution in [0.15, 0.2) is 6.20 Å². The van der Waals surface area contributed by atoms with Gasteiger partial charge in [0, 0.05) is 5.75 Å². The second-order valence-corrected chi connectivity index (χ2v) is 4.91. The monoisotopic (exact) mass is 243 g/mol. The second kappa shape index (κ2) is 6.52. The number of aromatic carboxylic acids is 1. The summed E-state index contributed by atoms with van der Waals surface area (Å²) in [5, 5.41) is 16.0. The summed E-state index contributed by atoms with van der Waals surface area (Å²) >= 11 is 1.86. The predicted octanol–water partition coefficient (Wildman–Crippen LogP) is 1.76. The molecule has 0 spiro atoms. The van der Waals surface area contributed by atoms with Gasteiger partial charge in [0.05, 0.1) is 12.7 Å². The predicted molar refractivity (Wildman–Crippen MR) is 63.8 cm³/mol. The van der Waals surface area contributed by atoms with Gasteiger partial charge in [0.2, 0.25) is 0 Å². The van der Waals surface area contributed by atoms with E-state index in [9.17, 15) is 4.79 Å². The van der Waals surface area contributed by atoms with Crippen LogP contribution in [0.4, 0.5) is 0 Å². The second-order valence-electron chi connectivity index (χ2n) is 3.76. The molecule has 1 unspecified atom stereocenters. The van der Waals surface area contributed by atoms with Crippen LogP contribution < -0.4 is 0 Å². The van der Waals surface area contributed by atoms with Crippen LogP contribution in [-0.4, -0.2) is 37.6 Å². The molecule has 1 aromatic heterocycles. The van der Waals surface area contributed by atoms with Crippen molar-refractivity contribution in [1.29, 1.82) is 0 Å². The van der Waals surface area contributed by atoms with E-state index in [1.54, 1.807) is 4.68 Å². The molecule has 0 saturated carbocycles. The van der Waals surface area contributed by atoms with Gasteiger partial charge >= 0.3 is 5.97 Å². The van der Waals surface area contributed by atoms with Crippen LogP contribution in [0.3, 0.4) is 0 Å². The topological polar surface area (TPSA) is 68.0 Å². The fraction of sp³-hybridized carbons (Fsp3) is 0.700. The molecule has 1 heterocycles. The highest BCUT2D eigenvalue weighted by molar-refractivity contribution is 7.99. The number of nitrogens with zero attached hydrogens (tertiary/aromatic N) is 3. The maximum atomic E-state index is 10.6. The van der Waals surface area contributed by atoms with Crippen LogP contribution >= 0.6 is 11.8 Å². The van der Waals surface area contributed by atoms with E-state index in [1.165, 1.54) is 12.6 Å². The number of hydrogen-bond donors (Lipinski definition) is 1. The third-order valence-corrected chi connectivity index (χ3v) is 3.60. The molecule has 16 heavy (non-hydrogen) atoms. The summed E-state index contributed by atoms with van der Waals surface area (Å²) in [5.41, 5.74) is 0.00641. The van der Waals surface area contributed by atoms with Crippen molar-refractivity contribution in [3.8, 4) is 0 Å². The quantitative estimate of drug-likeness (QED) is 0.739. The molecule has 0 aliphatic carbocycles. The Morgan fingerprint density at radius 1 is 1.69 bits per heavy atom. The highest BCUT2D eigenvalue weighted by atomic mass is 32.2. The Bertz CT molecular complexity index is 341. The van der Waals surface area contributed by atoms with Gasteiger partial charge in [-0.25, -0.2) is 4.79 Å². The average Bonchev–Trinajstić information content (AvgIpc) is 2.72. The lowest BCUT2D eigenvalue weighted by Gasteiger charge is -2.06. The maximum absolute atomic E-state index is 10.6. The number of hydrogen-bond acceptors (Lipinski definition) is 4. The molecule has 90 valence electrons. The summed E-state index contributed by atoms with van der Waals surface area (Å²) in [7, 11) is 0. The summed E-state index contributed by atoms with van der Waals surface area (Å²) in [5.74, 6) is 1.78. The Balaban J connectivity index is 2.24. The molecule has 1 rings (SSSR count). The first-order chi connectivity index (χ1) is 7.63. The van der Waals surface area contributed by atoms with Gasteiger partial charge in [0.25, 0.3) is 0 Å². The van der Waals surface area contributed by atoms with E-state index in [0.29, 0.717) is 6.54 Å². The number of thioether (sulfide) groups is 1. The van der Waals surface area contributed by atoms with Crippen LogP contribution in [0, 0.1) is 5.92 Å². The molecule has 0 bridgehead atoms. The van der Waals surface area contributed by atoms with Crippen LogP contribution in [0.2, 0.25) is 0 Å². The van der Waals surface area contributed by atoms with E-state index in [1.807, 2.05) is 11.8 Å². The van der Waals surface area contributed by atoms with Crippen molar-refractivity contribution in [3.05, 3.63) is 11.9 Å². The lowest BCUT2D eigenvalue weighted by molar-refractivity contribution is 0.0690. The SMILES string of the molecule is CCC(C)CSCCn1cc(C(=O)O)nn1. The summed E-state index contributed by atoms with van der Waals surface area (Å²) in [4.78, 5) is 10.6. The summed E-state index contributed by atoms with van der Waals surface area (Å²) in [6, 6.07) is 0. The van der Waals surface area contributed by atoms with Gasteiger partial charge in [-0.1, -0.05) is 25.5 Å². The number of carboxylic acid groups (broad SMARTS) is 1. The fourth-order valence-electron chi connectivity index (χ4n) is 1.07. The van der Waals surface area contributed by atoms with E-state index in [2.05, 4.69) is 24.2 Å². The summed E-state index contributed by atoms with van der Waals surface area (Å²) < 4.78 is 1.58. The van der Waals surface area contributed by atoms with Gasteiger partial charge in [-0.15, -0.1) is 5.10 Å². The number of carboxylic acids is 1. The van der Waals surface area contributed by atoms with Crippen molar-refractivity contribution >= 4 is 17.7 Å². The molecule has 0 aliphatic heterocycles. The molecule has 1 atom stereocenters. The largest absolute Gasteiger partial charge is 0.476 e. The molecular formula is C10H17N3O2S. The van der Waals surface area contributed by atoms with Gasteiger partial charge < -0.3 is 5.11 Å². The summed E-state index contributed by atoms with van der Waals surface area (Å²) in [6.07, 6.45) is 2.66. The zero-order chi connectivity index (χ0) is 12.0. The average molecular weight is 243 g/mol. The third kappa shape index (κ3) is 4.22. The third-order valence-electron chi connectivity index (χ3n) is 2.32. The van der Waals surface area contributed by atoms with Crippen molar-refractivity contribution in [2.45, 2.75) is 26.8 Å². The number of aromatic nitrogens is 3. The van der Waals surface area contributed by atoms with Crippen molar-refractivity contribution < 1.29 is 9.90 Å². The van der Waals surface area contributed by atoms with Crippen molar-refractivity contribution in [3.63, 3.8) is 0 Å². The zero-order valence-corrected chi connectivity index (χ0v) is 10.4. The van der Waals surface area contributed by atoms with Crippen molar-refractivity contribution in [2.75, 3.05) is 11.5 Å². The Hall–Kier alpha value is -1.04. The minimum absolute atomic E-state index is 0.00641.